The highest BCUT2D eigenvalue weighted by Gasteiger charge is 2.23. The van der Waals surface area contributed by atoms with E-state index in [1.807, 2.05) is 6.92 Å². The minimum absolute atomic E-state index is 0.0602. The number of ether oxygens (including phenoxy) is 1. The van der Waals surface area contributed by atoms with Crippen LogP contribution in [0.1, 0.15) is 104 Å². The lowest BCUT2D eigenvalue weighted by Crippen LogP contribution is -2.27. The summed E-state index contributed by atoms with van der Waals surface area (Å²) in [5.74, 6) is -0.583. The van der Waals surface area contributed by atoms with E-state index in [1.54, 1.807) is 0 Å². The van der Waals surface area contributed by atoms with Crippen LogP contribution in [0.3, 0.4) is 0 Å². The molecule has 1 amide bonds. The van der Waals surface area contributed by atoms with Crippen LogP contribution in [-0.4, -0.2) is 54.3 Å². The van der Waals surface area contributed by atoms with E-state index in [4.69, 9.17) is 13.8 Å². The van der Waals surface area contributed by atoms with Gasteiger partial charge >= 0.3 is 13.8 Å². The Hall–Kier alpha value is -2.29. The second-order valence-electron chi connectivity index (χ2n) is 10.0. The van der Waals surface area contributed by atoms with Crippen molar-refractivity contribution in [2.45, 2.75) is 110 Å². The van der Waals surface area contributed by atoms with Crippen LogP contribution in [0.25, 0.3) is 0 Å². The van der Waals surface area contributed by atoms with Gasteiger partial charge in [-0.1, -0.05) is 93.9 Å². The van der Waals surface area contributed by atoms with Gasteiger partial charge < -0.3 is 20.1 Å². The molecule has 0 spiro atoms. The summed E-state index contributed by atoms with van der Waals surface area (Å²) in [5, 5.41) is 12.4. The highest BCUT2D eigenvalue weighted by atomic mass is 31.2. The van der Waals surface area contributed by atoms with Gasteiger partial charge in [-0.25, -0.2) is 4.57 Å². The lowest BCUT2D eigenvalue weighted by atomic mass is 10.1. The Morgan fingerprint density at radius 2 is 1.33 bits per heavy atom. The minimum Gasteiger partial charge on any atom is -0.463 e. The van der Waals surface area contributed by atoms with E-state index in [9.17, 15) is 24.2 Å². The molecule has 0 aliphatic rings. The van der Waals surface area contributed by atoms with Gasteiger partial charge in [-0.05, 0) is 57.8 Å². The Morgan fingerprint density at radius 3 is 1.93 bits per heavy atom. The number of hydrogen-bond acceptors (Lipinski definition) is 7. The number of unbranched alkanes of at least 4 members (excludes halogenated alkanes) is 5. The molecule has 2 atom stereocenters. The first-order valence-corrected chi connectivity index (χ1v) is 17.3. The molecule has 43 heavy (non-hydrogen) atoms. The van der Waals surface area contributed by atoms with E-state index in [2.05, 4.69) is 73.0 Å². The summed E-state index contributed by atoms with van der Waals surface area (Å²) < 4.78 is 26.3. The zero-order valence-corrected chi connectivity index (χ0v) is 27.3. The molecule has 246 valence electrons. The van der Waals surface area contributed by atoms with Crippen LogP contribution in [0.2, 0.25) is 0 Å². The Kier molecular flexibility index (Phi) is 28.2. The molecule has 0 radical (unpaired) electrons. The first kappa shape index (κ1) is 40.7. The van der Waals surface area contributed by atoms with E-state index in [0.29, 0.717) is 12.8 Å². The Morgan fingerprint density at radius 1 is 0.744 bits per heavy atom. The molecule has 0 saturated heterocycles. The summed E-state index contributed by atoms with van der Waals surface area (Å²) in [4.78, 5) is 33.2. The smallest absolute Gasteiger partial charge is 0.463 e. The van der Waals surface area contributed by atoms with Crippen molar-refractivity contribution in [2.75, 3.05) is 26.4 Å². The van der Waals surface area contributed by atoms with Crippen molar-refractivity contribution >= 4 is 19.7 Å². The van der Waals surface area contributed by atoms with Crippen LogP contribution in [0.4, 0.5) is 0 Å². The van der Waals surface area contributed by atoms with Gasteiger partial charge in [0.2, 0.25) is 5.91 Å². The molecule has 2 unspecified atom stereocenters. The molecule has 0 aliphatic heterocycles. The number of phosphoric ester groups is 1. The topological polar surface area (TPSA) is 131 Å². The number of hydrogen-bond donors (Lipinski definition) is 3. The summed E-state index contributed by atoms with van der Waals surface area (Å²) in [7, 11) is -4.40. The van der Waals surface area contributed by atoms with Crippen molar-refractivity contribution in [2.24, 2.45) is 0 Å². The Balaban J connectivity index is 3.70. The average molecular weight is 626 g/mol. The lowest BCUT2D eigenvalue weighted by molar-refractivity contribution is -0.147. The van der Waals surface area contributed by atoms with Crippen molar-refractivity contribution in [3.8, 4) is 0 Å². The van der Waals surface area contributed by atoms with Gasteiger partial charge in [0.15, 0.2) is 0 Å². The Labute approximate surface area is 259 Å². The molecule has 0 fully saturated rings. The first-order chi connectivity index (χ1) is 20.8. The van der Waals surface area contributed by atoms with E-state index in [-0.39, 0.29) is 32.1 Å². The number of aliphatic hydroxyl groups excluding tert-OH is 1. The van der Waals surface area contributed by atoms with E-state index in [0.717, 1.165) is 70.6 Å². The minimum atomic E-state index is -4.40. The largest absolute Gasteiger partial charge is 0.472 e. The molecule has 0 aliphatic carbocycles. The first-order valence-electron chi connectivity index (χ1n) is 15.8. The van der Waals surface area contributed by atoms with Crippen molar-refractivity contribution in [1.29, 1.82) is 0 Å². The van der Waals surface area contributed by atoms with Gasteiger partial charge in [0.05, 0.1) is 13.2 Å². The molecule has 0 saturated carbocycles. The van der Waals surface area contributed by atoms with Crippen molar-refractivity contribution in [3.63, 3.8) is 0 Å². The molecule has 0 aromatic carbocycles. The van der Waals surface area contributed by atoms with Gasteiger partial charge in [0.1, 0.15) is 12.7 Å². The number of allylic oxidation sites excluding steroid dienone is 10. The lowest BCUT2D eigenvalue weighted by Gasteiger charge is -2.15. The molecule has 0 heterocycles. The van der Waals surface area contributed by atoms with Crippen LogP contribution < -0.4 is 5.32 Å². The maximum Gasteiger partial charge on any atom is 0.472 e. The number of phosphoric acid groups is 1. The monoisotopic (exact) mass is 625 g/mol. The third kappa shape index (κ3) is 31.0. The van der Waals surface area contributed by atoms with Crippen LogP contribution in [0.5, 0.6) is 0 Å². The maximum absolute atomic E-state index is 11.9. The summed E-state index contributed by atoms with van der Waals surface area (Å²) in [6.07, 6.45) is 32.4. The highest BCUT2D eigenvalue weighted by Crippen LogP contribution is 2.42. The van der Waals surface area contributed by atoms with Crippen molar-refractivity contribution in [3.05, 3.63) is 60.8 Å². The average Bonchev–Trinajstić information content (AvgIpc) is 2.98. The summed E-state index contributed by atoms with van der Waals surface area (Å²) in [6.45, 7) is 3.15. The second-order valence-corrected chi connectivity index (χ2v) is 11.5. The van der Waals surface area contributed by atoms with Crippen LogP contribution in [0.15, 0.2) is 60.8 Å². The molecular formula is C33H56NO8P. The number of carbonyl (C=O) groups excluding carboxylic acids is 2. The number of carbonyl (C=O) groups is 2. The number of nitrogens with one attached hydrogen (secondary N) is 1. The summed E-state index contributed by atoms with van der Waals surface area (Å²) >= 11 is 0. The van der Waals surface area contributed by atoms with Gasteiger partial charge in [0.25, 0.3) is 0 Å². The number of esters is 1. The third-order valence-corrected chi connectivity index (χ3v) is 6.95. The SMILES string of the molecule is CC/C=C\C/C=C\C/C=C\C/C=C\C/C=C\CCCCCC(=O)NCCOP(=O)(O)OCC(O)COC(=O)CCCCC. The number of aliphatic hydroxyl groups is 1. The number of rotatable bonds is 28. The Bertz CT molecular complexity index is 897. The van der Waals surface area contributed by atoms with Crippen molar-refractivity contribution < 1.29 is 37.9 Å². The zero-order chi connectivity index (χ0) is 31.9. The van der Waals surface area contributed by atoms with Crippen LogP contribution in [-0.2, 0) is 27.9 Å². The van der Waals surface area contributed by atoms with Gasteiger partial charge in [-0.2, -0.15) is 0 Å². The van der Waals surface area contributed by atoms with E-state index in [1.165, 1.54) is 0 Å². The molecule has 10 heteroatoms. The zero-order valence-electron chi connectivity index (χ0n) is 26.4. The third-order valence-electron chi connectivity index (χ3n) is 5.96. The fraction of sp³-hybridized carbons (Fsp3) is 0.636. The van der Waals surface area contributed by atoms with E-state index >= 15 is 0 Å². The molecule has 3 N–H and O–H groups in total. The summed E-state index contributed by atoms with van der Waals surface area (Å²) in [5.41, 5.74) is 0. The summed E-state index contributed by atoms with van der Waals surface area (Å²) in [6, 6.07) is 0. The molecule has 0 aromatic heterocycles. The normalized spacial score (nSPS) is 14.4. The highest BCUT2D eigenvalue weighted by molar-refractivity contribution is 7.47. The predicted molar refractivity (Wildman–Crippen MR) is 173 cm³/mol. The molecular weight excluding hydrogens is 569 g/mol. The van der Waals surface area contributed by atoms with Gasteiger partial charge in [-0.3, -0.25) is 18.6 Å². The molecule has 0 bridgehead atoms. The van der Waals surface area contributed by atoms with Crippen molar-refractivity contribution in [1.82, 2.24) is 5.32 Å². The molecule has 0 rings (SSSR count). The van der Waals surface area contributed by atoms with Crippen LogP contribution in [0, 0.1) is 0 Å². The van der Waals surface area contributed by atoms with Gasteiger partial charge in [-0.15, -0.1) is 0 Å². The standard InChI is InChI=1S/C33H56NO8P/c1-3-5-7-8-9-10-11-12-13-14-15-16-17-18-19-20-21-22-24-25-32(36)34-27-28-41-43(38,39)42-30-31(35)29-40-33(37)26-23-6-4-2/h5,7,9-10,12-13,15-16,18-19,31,35H,3-4,6,8,11,14,17,20-30H2,1-2H3,(H,34,36)(H,38,39)/b7-5-,10-9-,13-12-,16-15-,19-18-. The van der Waals surface area contributed by atoms with E-state index < -0.39 is 26.5 Å². The fourth-order valence-electron chi connectivity index (χ4n) is 3.58. The second kappa shape index (κ2) is 29.8. The van der Waals surface area contributed by atoms with Crippen LogP contribution >= 0.6 is 7.82 Å². The fourth-order valence-corrected chi connectivity index (χ4v) is 4.34. The quantitative estimate of drug-likeness (QED) is 0.0354. The predicted octanol–water partition coefficient (Wildman–Crippen LogP) is 7.42. The number of amides is 1. The molecule has 9 nitrogen and oxygen atoms in total. The van der Waals surface area contributed by atoms with Gasteiger partial charge in [0, 0.05) is 19.4 Å². The molecule has 0 aromatic rings. The maximum atomic E-state index is 11.9.